The Kier molecular flexibility index (Phi) is 3.84. The lowest BCUT2D eigenvalue weighted by Gasteiger charge is -2.26. The molecule has 5 nitrogen and oxygen atoms in total. The number of methoxy groups -OCH3 is 1. The van der Waals surface area contributed by atoms with Gasteiger partial charge in [-0.1, -0.05) is 6.07 Å². The number of hydrogen-bond acceptors (Lipinski definition) is 3. The molecule has 5 heteroatoms. The van der Waals surface area contributed by atoms with Crippen molar-refractivity contribution in [3.8, 4) is 5.75 Å². The van der Waals surface area contributed by atoms with Crippen LogP contribution in [0.2, 0.25) is 0 Å². The largest absolute Gasteiger partial charge is 0.496 e. The summed E-state index contributed by atoms with van der Waals surface area (Å²) in [4.78, 5) is 15.6. The first-order valence-corrected chi connectivity index (χ1v) is 7.39. The molecule has 0 spiro atoms. The van der Waals surface area contributed by atoms with Gasteiger partial charge in [-0.15, -0.1) is 0 Å². The van der Waals surface area contributed by atoms with Crippen molar-refractivity contribution >= 4 is 16.8 Å². The Hall–Kier alpha value is -2.01. The van der Waals surface area contributed by atoms with E-state index in [1.807, 2.05) is 18.2 Å². The standard InChI is InChI=1S/C16H21N3O2/c1-21-14-4-2-3-13-15(14)12(9-18-13)16(20)19-11-7-5-10(17)6-8-11/h2-4,9-11,18H,5-8,17H2,1H3,(H,19,20). The van der Waals surface area contributed by atoms with Crippen LogP contribution in [0.15, 0.2) is 24.4 Å². The van der Waals surface area contributed by atoms with E-state index in [-0.39, 0.29) is 18.0 Å². The zero-order valence-corrected chi connectivity index (χ0v) is 12.2. The summed E-state index contributed by atoms with van der Waals surface area (Å²) in [5.41, 5.74) is 7.44. The van der Waals surface area contributed by atoms with Gasteiger partial charge in [0.15, 0.2) is 0 Å². The highest BCUT2D eigenvalue weighted by atomic mass is 16.5. The van der Waals surface area contributed by atoms with Crippen molar-refractivity contribution in [3.05, 3.63) is 30.0 Å². The molecule has 0 bridgehead atoms. The molecule has 0 atom stereocenters. The first-order chi connectivity index (χ1) is 10.2. The summed E-state index contributed by atoms with van der Waals surface area (Å²) >= 11 is 0. The van der Waals surface area contributed by atoms with Crippen LogP contribution in [0.5, 0.6) is 5.75 Å². The predicted octanol–water partition coefficient (Wildman–Crippen LogP) is 2.18. The Morgan fingerprint density at radius 3 is 2.81 bits per heavy atom. The van der Waals surface area contributed by atoms with Gasteiger partial charge in [0, 0.05) is 23.8 Å². The Labute approximate surface area is 123 Å². The molecule has 1 aliphatic carbocycles. The number of rotatable bonds is 3. The first kappa shape index (κ1) is 13.9. The number of carbonyl (C=O) groups excluding carboxylic acids is 1. The molecule has 1 fully saturated rings. The third-order valence-corrected chi connectivity index (χ3v) is 4.24. The van der Waals surface area contributed by atoms with E-state index in [2.05, 4.69) is 10.3 Å². The second-order valence-corrected chi connectivity index (χ2v) is 5.67. The third kappa shape index (κ3) is 2.74. The molecule has 0 radical (unpaired) electrons. The third-order valence-electron chi connectivity index (χ3n) is 4.24. The van der Waals surface area contributed by atoms with Crippen molar-refractivity contribution in [2.24, 2.45) is 5.73 Å². The van der Waals surface area contributed by atoms with Gasteiger partial charge in [0.05, 0.1) is 18.1 Å². The van der Waals surface area contributed by atoms with E-state index in [4.69, 9.17) is 10.5 Å². The SMILES string of the molecule is COc1cccc2[nH]cc(C(=O)NC3CCC(N)CC3)c12. The zero-order chi connectivity index (χ0) is 14.8. The highest BCUT2D eigenvalue weighted by Crippen LogP contribution is 2.28. The maximum absolute atomic E-state index is 12.5. The van der Waals surface area contributed by atoms with Crippen LogP contribution in [0.1, 0.15) is 36.0 Å². The van der Waals surface area contributed by atoms with Crippen molar-refractivity contribution in [1.82, 2.24) is 10.3 Å². The maximum Gasteiger partial charge on any atom is 0.253 e. The number of benzene rings is 1. The topological polar surface area (TPSA) is 80.1 Å². The van der Waals surface area contributed by atoms with Crippen LogP contribution in [-0.4, -0.2) is 30.1 Å². The van der Waals surface area contributed by atoms with E-state index in [9.17, 15) is 4.79 Å². The molecule has 0 unspecified atom stereocenters. The van der Waals surface area contributed by atoms with Gasteiger partial charge >= 0.3 is 0 Å². The van der Waals surface area contributed by atoms with Crippen molar-refractivity contribution < 1.29 is 9.53 Å². The van der Waals surface area contributed by atoms with Crippen molar-refractivity contribution in [2.45, 2.75) is 37.8 Å². The van der Waals surface area contributed by atoms with Gasteiger partial charge in [-0.3, -0.25) is 4.79 Å². The van der Waals surface area contributed by atoms with Crippen LogP contribution in [0.4, 0.5) is 0 Å². The van der Waals surface area contributed by atoms with Gasteiger partial charge < -0.3 is 20.8 Å². The molecule has 0 saturated heterocycles. The van der Waals surface area contributed by atoms with Crippen molar-refractivity contribution in [1.29, 1.82) is 0 Å². The fourth-order valence-electron chi connectivity index (χ4n) is 3.03. The van der Waals surface area contributed by atoms with Gasteiger partial charge in [0.25, 0.3) is 5.91 Å². The van der Waals surface area contributed by atoms with Gasteiger partial charge in [0.2, 0.25) is 0 Å². The maximum atomic E-state index is 12.5. The molecular weight excluding hydrogens is 266 g/mol. The molecule has 0 aliphatic heterocycles. The summed E-state index contributed by atoms with van der Waals surface area (Å²) in [6, 6.07) is 6.21. The molecule has 1 aromatic carbocycles. The van der Waals surface area contributed by atoms with Crippen LogP contribution in [0, 0.1) is 0 Å². The number of aromatic nitrogens is 1. The summed E-state index contributed by atoms with van der Waals surface area (Å²) in [5, 5.41) is 3.95. The summed E-state index contributed by atoms with van der Waals surface area (Å²) in [6.45, 7) is 0. The zero-order valence-electron chi connectivity index (χ0n) is 12.2. The summed E-state index contributed by atoms with van der Waals surface area (Å²) in [7, 11) is 1.62. The van der Waals surface area contributed by atoms with E-state index >= 15 is 0 Å². The summed E-state index contributed by atoms with van der Waals surface area (Å²) in [6.07, 6.45) is 5.60. The lowest BCUT2D eigenvalue weighted by atomic mass is 9.91. The number of nitrogens with one attached hydrogen (secondary N) is 2. The fourth-order valence-corrected chi connectivity index (χ4v) is 3.03. The van der Waals surface area contributed by atoms with Gasteiger partial charge in [-0.2, -0.15) is 0 Å². The summed E-state index contributed by atoms with van der Waals surface area (Å²) < 4.78 is 5.36. The molecule has 1 aliphatic rings. The normalized spacial score (nSPS) is 22.2. The molecule has 4 N–H and O–H groups in total. The van der Waals surface area contributed by atoms with Crippen molar-refractivity contribution in [3.63, 3.8) is 0 Å². The number of aromatic amines is 1. The average Bonchev–Trinajstić information content (AvgIpc) is 2.93. The lowest BCUT2D eigenvalue weighted by molar-refractivity contribution is 0.0927. The minimum Gasteiger partial charge on any atom is -0.496 e. The minimum absolute atomic E-state index is 0.0498. The Balaban J connectivity index is 1.81. The smallest absolute Gasteiger partial charge is 0.253 e. The molecular formula is C16H21N3O2. The molecule has 2 aromatic rings. The Morgan fingerprint density at radius 2 is 2.10 bits per heavy atom. The Bertz CT molecular complexity index is 642. The molecule has 3 rings (SSSR count). The average molecular weight is 287 g/mol. The number of hydrogen-bond donors (Lipinski definition) is 3. The van der Waals surface area contributed by atoms with E-state index in [1.54, 1.807) is 13.3 Å². The van der Waals surface area contributed by atoms with Crippen LogP contribution in [0.3, 0.4) is 0 Å². The van der Waals surface area contributed by atoms with E-state index < -0.39 is 0 Å². The van der Waals surface area contributed by atoms with Crippen LogP contribution in [0.25, 0.3) is 10.9 Å². The highest BCUT2D eigenvalue weighted by molar-refractivity contribution is 6.09. The van der Waals surface area contributed by atoms with Gasteiger partial charge in [-0.05, 0) is 37.8 Å². The monoisotopic (exact) mass is 287 g/mol. The molecule has 1 aromatic heterocycles. The van der Waals surface area contributed by atoms with Crippen LogP contribution >= 0.6 is 0 Å². The number of carbonyl (C=O) groups is 1. The molecule has 1 heterocycles. The molecule has 21 heavy (non-hydrogen) atoms. The fraction of sp³-hybridized carbons (Fsp3) is 0.438. The van der Waals surface area contributed by atoms with Crippen LogP contribution in [-0.2, 0) is 0 Å². The summed E-state index contributed by atoms with van der Waals surface area (Å²) in [5.74, 6) is 0.663. The Morgan fingerprint density at radius 1 is 1.33 bits per heavy atom. The first-order valence-electron chi connectivity index (χ1n) is 7.39. The highest BCUT2D eigenvalue weighted by Gasteiger charge is 2.22. The molecule has 1 saturated carbocycles. The number of fused-ring (bicyclic) bond motifs is 1. The second-order valence-electron chi connectivity index (χ2n) is 5.67. The van der Waals surface area contributed by atoms with Crippen LogP contribution < -0.4 is 15.8 Å². The van der Waals surface area contributed by atoms with E-state index in [0.717, 1.165) is 36.6 Å². The molecule has 1 amide bonds. The second kappa shape index (κ2) is 5.77. The van der Waals surface area contributed by atoms with Gasteiger partial charge in [-0.25, -0.2) is 0 Å². The van der Waals surface area contributed by atoms with Crippen molar-refractivity contribution in [2.75, 3.05) is 7.11 Å². The molecule has 112 valence electrons. The number of nitrogens with two attached hydrogens (primary N) is 1. The number of ether oxygens (including phenoxy) is 1. The van der Waals surface area contributed by atoms with E-state index in [1.165, 1.54) is 0 Å². The number of H-pyrrole nitrogens is 1. The number of amides is 1. The quantitative estimate of drug-likeness (QED) is 0.809. The van der Waals surface area contributed by atoms with E-state index in [0.29, 0.717) is 11.3 Å². The lowest BCUT2D eigenvalue weighted by Crippen LogP contribution is -2.40. The predicted molar refractivity (Wildman–Crippen MR) is 82.5 cm³/mol. The van der Waals surface area contributed by atoms with Gasteiger partial charge in [0.1, 0.15) is 5.75 Å². The minimum atomic E-state index is -0.0498.